The van der Waals surface area contributed by atoms with Crippen LogP contribution in [0.15, 0.2) is 66.9 Å². The maximum Gasteiger partial charge on any atom is 0.0923 e. The number of benzene rings is 2. The summed E-state index contributed by atoms with van der Waals surface area (Å²) in [6.07, 6.45) is 2.03. The van der Waals surface area contributed by atoms with Crippen molar-refractivity contribution >= 4 is 0 Å². The van der Waals surface area contributed by atoms with Crippen LogP contribution in [0.3, 0.4) is 0 Å². The van der Waals surface area contributed by atoms with Crippen LogP contribution in [0, 0.1) is 6.92 Å². The second-order valence-electron chi connectivity index (χ2n) is 4.75. The number of aryl methyl sites for hydroxylation is 1. The van der Waals surface area contributed by atoms with E-state index in [9.17, 15) is 0 Å². The third-order valence-electron chi connectivity index (χ3n) is 3.18. The SMILES string of the molecule is Cc1ccc(Cn2ccc(-c3ccccc3)n2)cc1. The third kappa shape index (κ3) is 2.74. The Bertz CT molecular complexity index is 651. The molecule has 0 unspecified atom stereocenters. The first-order chi connectivity index (χ1) is 9.31. The van der Waals surface area contributed by atoms with Gasteiger partial charge in [0.15, 0.2) is 0 Å². The molecule has 0 radical (unpaired) electrons. The molecule has 0 amide bonds. The van der Waals surface area contributed by atoms with E-state index in [1.807, 2.05) is 29.1 Å². The van der Waals surface area contributed by atoms with Crippen molar-refractivity contribution in [2.45, 2.75) is 13.5 Å². The molecule has 94 valence electrons. The molecule has 2 aromatic carbocycles. The summed E-state index contributed by atoms with van der Waals surface area (Å²) in [4.78, 5) is 0. The van der Waals surface area contributed by atoms with Crippen molar-refractivity contribution < 1.29 is 0 Å². The van der Waals surface area contributed by atoms with Crippen molar-refractivity contribution in [1.82, 2.24) is 9.78 Å². The first-order valence-electron chi connectivity index (χ1n) is 6.46. The molecule has 2 heteroatoms. The number of aromatic nitrogens is 2. The van der Waals surface area contributed by atoms with Gasteiger partial charge in [-0.25, -0.2) is 0 Å². The summed E-state index contributed by atoms with van der Waals surface area (Å²) < 4.78 is 1.98. The third-order valence-corrected chi connectivity index (χ3v) is 3.18. The van der Waals surface area contributed by atoms with Crippen LogP contribution in [-0.4, -0.2) is 9.78 Å². The fourth-order valence-corrected chi connectivity index (χ4v) is 2.09. The fraction of sp³-hybridized carbons (Fsp3) is 0.118. The van der Waals surface area contributed by atoms with E-state index in [1.165, 1.54) is 11.1 Å². The summed E-state index contributed by atoms with van der Waals surface area (Å²) in [6.45, 7) is 2.91. The summed E-state index contributed by atoms with van der Waals surface area (Å²) in [5, 5.41) is 4.61. The average molecular weight is 248 g/mol. The topological polar surface area (TPSA) is 17.8 Å². The van der Waals surface area contributed by atoms with Gasteiger partial charge in [0.05, 0.1) is 12.2 Å². The second kappa shape index (κ2) is 5.11. The van der Waals surface area contributed by atoms with Crippen molar-refractivity contribution in [1.29, 1.82) is 0 Å². The summed E-state index contributed by atoms with van der Waals surface area (Å²) in [6, 6.07) is 20.9. The lowest BCUT2D eigenvalue weighted by molar-refractivity contribution is 0.689. The fourth-order valence-electron chi connectivity index (χ4n) is 2.09. The Balaban J connectivity index is 1.80. The smallest absolute Gasteiger partial charge is 0.0923 e. The van der Waals surface area contributed by atoms with Crippen LogP contribution in [0.25, 0.3) is 11.3 Å². The molecule has 0 aliphatic rings. The van der Waals surface area contributed by atoms with Gasteiger partial charge in [0, 0.05) is 11.8 Å². The van der Waals surface area contributed by atoms with Crippen molar-refractivity contribution in [2.75, 3.05) is 0 Å². The van der Waals surface area contributed by atoms with Gasteiger partial charge in [-0.3, -0.25) is 4.68 Å². The van der Waals surface area contributed by atoms with Crippen molar-refractivity contribution in [2.24, 2.45) is 0 Å². The van der Waals surface area contributed by atoms with E-state index in [0.29, 0.717) is 0 Å². The average Bonchev–Trinajstić information content (AvgIpc) is 2.91. The normalized spacial score (nSPS) is 10.6. The van der Waals surface area contributed by atoms with Crippen LogP contribution >= 0.6 is 0 Å². The quantitative estimate of drug-likeness (QED) is 0.687. The maximum absolute atomic E-state index is 4.61. The van der Waals surface area contributed by atoms with E-state index in [1.54, 1.807) is 0 Å². The Morgan fingerprint density at radius 3 is 2.37 bits per heavy atom. The molecule has 0 spiro atoms. The zero-order valence-electron chi connectivity index (χ0n) is 11.0. The van der Waals surface area contributed by atoms with E-state index in [0.717, 1.165) is 17.8 Å². The summed E-state index contributed by atoms with van der Waals surface area (Å²) in [5.74, 6) is 0. The highest BCUT2D eigenvalue weighted by Gasteiger charge is 2.02. The molecule has 1 aromatic heterocycles. The van der Waals surface area contributed by atoms with Gasteiger partial charge < -0.3 is 0 Å². The van der Waals surface area contributed by atoms with E-state index in [4.69, 9.17) is 0 Å². The molecule has 0 bridgehead atoms. The van der Waals surface area contributed by atoms with Gasteiger partial charge in [0.2, 0.25) is 0 Å². The standard InChI is InChI=1S/C17H16N2/c1-14-7-9-15(10-8-14)13-19-12-11-17(18-19)16-5-3-2-4-6-16/h2-12H,13H2,1H3. The Labute approximate surface area is 113 Å². The predicted octanol–water partition coefficient (Wildman–Crippen LogP) is 3.91. The van der Waals surface area contributed by atoms with E-state index >= 15 is 0 Å². The maximum atomic E-state index is 4.61. The number of nitrogens with zero attached hydrogens (tertiary/aromatic N) is 2. The van der Waals surface area contributed by atoms with Crippen LogP contribution in [0.4, 0.5) is 0 Å². The molecule has 2 nitrogen and oxygen atoms in total. The molecular weight excluding hydrogens is 232 g/mol. The first kappa shape index (κ1) is 11.7. The van der Waals surface area contributed by atoms with Gasteiger partial charge in [-0.1, -0.05) is 60.2 Å². The number of hydrogen-bond donors (Lipinski definition) is 0. The molecule has 0 aliphatic carbocycles. The minimum Gasteiger partial charge on any atom is -0.268 e. The molecule has 0 saturated heterocycles. The molecule has 1 heterocycles. The highest BCUT2D eigenvalue weighted by Crippen LogP contribution is 2.16. The van der Waals surface area contributed by atoms with E-state index in [2.05, 4.69) is 54.5 Å². The Morgan fingerprint density at radius 2 is 1.63 bits per heavy atom. The Morgan fingerprint density at radius 1 is 0.895 bits per heavy atom. The van der Waals surface area contributed by atoms with Gasteiger partial charge in [-0.15, -0.1) is 0 Å². The zero-order valence-corrected chi connectivity index (χ0v) is 11.0. The molecule has 0 N–H and O–H groups in total. The van der Waals surface area contributed by atoms with E-state index in [-0.39, 0.29) is 0 Å². The predicted molar refractivity (Wildman–Crippen MR) is 77.9 cm³/mol. The van der Waals surface area contributed by atoms with Gasteiger partial charge in [-0.2, -0.15) is 5.10 Å². The molecule has 3 aromatic rings. The van der Waals surface area contributed by atoms with Crippen LogP contribution in [0.1, 0.15) is 11.1 Å². The highest BCUT2D eigenvalue weighted by molar-refractivity contribution is 5.58. The lowest BCUT2D eigenvalue weighted by atomic mass is 10.1. The molecule has 0 saturated carbocycles. The highest BCUT2D eigenvalue weighted by atomic mass is 15.3. The summed E-state index contributed by atoms with van der Waals surface area (Å²) in [5.41, 5.74) is 4.74. The Hall–Kier alpha value is -2.35. The monoisotopic (exact) mass is 248 g/mol. The van der Waals surface area contributed by atoms with Gasteiger partial charge in [-0.05, 0) is 18.6 Å². The number of hydrogen-bond acceptors (Lipinski definition) is 1. The summed E-state index contributed by atoms with van der Waals surface area (Å²) in [7, 11) is 0. The van der Waals surface area contributed by atoms with Crippen LogP contribution < -0.4 is 0 Å². The minimum atomic E-state index is 0.813. The van der Waals surface area contributed by atoms with Crippen LogP contribution in [-0.2, 0) is 6.54 Å². The van der Waals surface area contributed by atoms with Crippen molar-refractivity contribution in [3.63, 3.8) is 0 Å². The van der Waals surface area contributed by atoms with E-state index < -0.39 is 0 Å². The van der Waals surface area contributed by atoms with Crippen molar-refractivity contribution in [3.8, 4) is 11.3 Å². The zero-order chi connectivity index (χ0) is 13.1. The van der Waals surface area contributed by atoms with Crippen LogP contribution in [0.2, 0.25) is 0 Å². The minimum absolute atomic E-state index is 0.813. The lowest BCUT2D eigenvalue weighted by Crippen LogP contribution is -2.00. The first-order valence-corrected chi connectivity index (χ1v) is 6.46. The Kier molecular flexibility index (Phi) is 3.15. The molecule has 0 atom stereocenters. The van der Waals surface area contributed by atoms with Gasteiger partial charge in [0.25, 0.3) is 0 Å². The largest absolute Gasteiger partial charge is 0.268 e. The van der Waals surface area contributed by atoms with Crippen LogP contribution in [0.5, 0.6) is 0 Å². The molecular formula is C17H16N2. The lowest BCUT2D eigenvalue weighted by Gasteiger charge is -2.02. The molecule has 19 heavy (non-hydrogen) atoms. The molecule has 0 fully saturated rings. The van der Waals surface area contributed by atoms with Gasteiger partial charge >= 0.3 is 0 Å². The second-order valence-corrected chi connectivity index (χ2v) is 4.75. The van der Waals surface area contributed by atoms with Crippen molar-refractivity contribution in [3.05, 3.63) is 78.0 Å². The molecule has 0 aliphatic heterocycles. The number of rotatable bonds is 3. The molecule has 3 rings (SSSR count). The summed E-state index contributed by atoms with van der Waals surface area (Å²) >= 11 is 0. The van der Waals surface area contributed by atoms with Gasteiger partial charge in [0.1, 0.15) is 0 Å².